The van der Waals surface area contributed by atoms with Crippen LogP contribution in [0.4, 0.5) is 5.69 Å². The number of anilines is 1. The van der Waals surface area contributed by atoms with E-state index < -0.39 is 0 Å². The van der Waals surface area contributed by atoms with Gasteiger partial charge >= 0.3 is 0 Å². The van der Waals surface area contributed by atoms with Crippen LogP contribution in [0.5, 0.6) is 5.75 Å². The maximum Gasteiger partial charge on any atom is 0.234 e. The summed E-state index contributed by atoms with van der Waals surface area (Å²) in [6.07, 6.45) is 0. The molecule has 2 rings (SSSR count). The molecule has 0 aliphatic carbocycles. The van der Waals surface area contributed by atoms with Crippen LogP contribution in [-0.2, 0) is 4.79 Å². The third kappa shape index (κ3) is 6.34. The van der Waals surface area contributed by atoms with Crippen LogP contribution >= 0.6 is 35.0 Å². The summed E-state index contributed by atoms with van der Waals surface area (Å²) in [6, 6.07) is 12.6. The number of rotatable bonds is 7. The van der Waals surface area contributed by atoms with Gasteiger partial charge in [-0.15, -0.1) is 11.8 Å². The lowest BCUT2D eigenvalue weighted by atomic mass is 10.2. The van der Waals surface area contributed by atoms with Crippen molar-refractivity contribution >= 4 is 46.6 Å². The summed E-state index contributed by atoms with van der Waals surface area (Å²) in [5, 5.41) is 4.22. The summed E-state index contributed by atoms with van der Waals surface area (Å²) >= 11 is 13.2. The van der Waals surface area contributed by atoms with Gasteiger partial charge in [-0.05, 0) is 55.0 Å². The van der Waals surface area contributed by atoms with Crippen molar-refractivity contribution in [3.05, 3.63) is 58.1 Å². The zero-order chi connectivity index (χ0) is 16.7. The molecule has 2 aromatic rings. The molecule has 23 heavy (non-hydrogen) atoms. The highest BCUT2D eigenvalue weighted by Crippen LogP contribution is 2.20. The van der Waals surface area contributed by atoms with Crippen molar-refractivity contribution in [1.82, 2.24) is 0 Å². The minimum absolute atomic E-state index is 0.0353. The molecule has 0 unspecified atom stereocenters. The quantitative estimate of drug-likeness (QED) is 0.693. The maximum atomic E-state index is 11.9. The van der Waals surface area contributed by atoms with Crippen molar-refractivity contribution in [3.8, 4) is 5.75 Å². The number of benzene rings is 2. The molecule has 0 fully saturated rings. The van der Waals surface area contributed by atoms with Crippen molar-refractivity contribution in [2.45, 2.75) is 6.92 Å². The van der Waals surface area contributed by atoms with Crippen molar-refractivity contribution in [2.75, 3.05) is 23.4 Å². The van der Waals surface area contributed by atoms with E-state index in [1.165, 1.54) is 11.8 Å². The van der Waals surface area contributed by atoms with Crippen LogP contribution in [0.1, 0.15) is 5.56 Å². The lowest BCUT2D eigenvalue weighted by molar-refractivity contribution is -0.113. The molecule has 0 heterocycles. The summed E-state index contributed by atoms with van der Waals surface area (Å²) in [5.74, 6) is 1.85. The van der Waals surface area contributed by atoms with E-state index in [4.69, 9.17) is 27.9 Å². The van der Waals surface area contributed by atoms with E-state index in [-0.39, 0.29) is 5.91 Å². The van der Waals surface area contributed by atoms with E-state index in [1.807, 2.05) is 31.2 Å². The molecule has 0 spiro atoms. The number of ether oxygens (including phenoxy) is 1. The number of carbonyl (C=O) groups is 1. The fourth-order valence-electron chi connectivity index (χ4n) is 1.87. The number of nitrogens with one attached hydrogen (secondary N) is 1. The molecule has 2 aromatic carbocycles. The smallest absolute Gasteiger partial charge is 0.234 e. The standard InChI is InChI=1S/C17H17Cl2NO2S/c1-12-10-14(19)4-7-16(12)20-17(21)11-23-9-8-22-15-5-2-13(18)3-6-15/h2-7,10H,8-9,11H2,1H3,(H,20,21). The van der Waals surface area contributed by atoms with Gasteiger partial charge in [0.1, 0.15) is 5.75 Å². The molecule has 0 saturated heterocycles. The Hall–Kier alpha value is -1.36. The highest BCUT2D eigenvalue weighted by Gasteiger charge is 2.05. The molecule has 122 valence electrons. The van der Waals surface area contributed by atoms with E-state index >= 15 is 0 Å². The number of hydrogen-bond donors (Lipinski definition) is 1. The number of amides is 1. The van der Waals surface area contributed by atoms with Crippen molar-refractivity contribution < 1.29 is 9.53 Å². The number of halogens is 2. The Labute approximate surface area is 150 Å². The fourth-order valence-corrected chi connectivity index (χ4v) is 2.82. The highest BCUT2D eigenvalue weighted by molar-refractivity contribution is 7.99. The molecule has 0 aliphatic rings. The van der Waals surface area contributed by atoms with Crippen molar-refractivity contribution in [1.29, 1.82) is 0 Å². The predicted molar refractivity (Wildman–Crippen MR) is 99.1 cm³/mol. The van der Waals surface area contributed by atoms with Crippen molar-refractivity contribution in [3.63, 3.8) is 0 Å². The molecule has 0 aliphatic heterocycles. The third-order valence-electron chi connectivity index (χ3n) is 3.01. The molecular weight excluding hydrogens is 353 g/mol. The minimum Gasteiger partial charge on any atom is -0.493 e. The monoisotopic (exact) mass is 369 g/mol. The van der Waals surface area contributed by atoms with Gasteiger partial charge in [-0.25, -0.2) is 0 Å². The zero-order valence-electron chi connectivity index (χ0n) is 12.6. The van der Waals surface area contributed by atoms with Gasteiger partial charge in [0, 0.05) is 21.5 Å². The number of carbonyl (C=O) groups excluding carboxylic acids is 1. The van der Waals surface area contributed by atoms with Crippen LogP contribution in [0.15, 0.2) is 42.5 Å². The molecular formula is C17H17Cl2NO2S. The average molecular weight is 370 g/mol. The van der Waals surface area contributed by atoms with Crippen LogP contribution < -0.4 is 10.1 Å². The van der Waals surface area contributed by atoms with E-state index in [1.54, 1.807) is 18.2 Å². The van der Waals surface area contributed by atoms with Gasteiger partial charge in [0.15, 0.2) is 0 Å². The Morgan fingerprint density at radius 1 is 1.13 bits per heavy atom. The van der Waals surface area contributed by atoms with Crippen LogP contribution in [0.2, 0.25) is 10.0 Å². The van der Waals surface area contributed by atoms with Gasteiger partial charge < -0.3 is 10.1 Å². The molecule has 0 aromatic heterocycles. The summed E-state index contributed by atoms with van der Waals surface area (Å²) < 4.78 is 5.57. The van der Waals surface area contributed by atoms with E-state index in [0.29, 0.717) is 22.4 Å². The first-order chi connectivity index (χ1) is 11.0. The Bertz CT molecular complexity index is 662. The van der Waals surface area contributed by atoms with Gasteiger partial charge in [-0.2, -0.15) is 0 Å². The normalized spacial score (nSPS) is 10.4. The minimum atomic E-state index is -0.0353. The summed E-state index contributed by atoms with van der Waals surface area (Å²) in [4.78, 5) is 11.9. The van der Waals surface area contributed by atoms with Crippen LogP contribution in [0.3, 0.4) is 0 Å². The summed E-state index contributed by atoms with van der Waals surface area (Å²) in [5.41, 5.74) is 1.74. The predicted octanol–water partition coefficient (Wildman–Crippen LogP) is 5.05. The summed E-state index contributed by atoms with van der Waals surface area (Å²) in [6.45, 7) is 2.45. The molecule has 1 N–H and O–H groups in total. The average Bonchev–Trinajstić information content (AvgIpc) is 2.51. The Morgan fingerprint density at radius 2 is 1.83 bits per heavy atom. The van der Waals surface area contributed by atoms with Gasteiger partial charge in [0.25, 0.3) is 0 Å². The second-order valence-electron chi connectivity index (χ2n) is 4.86. The molecule has 1 amide bonds. The highest BCUT2D eigenvalue weighted by atomic mass is 35.5. The lowest BCUT2D eigenvalue weighted by Crippen LogP contribution is -2.15. The molecule has 0 saturated carbocycles. The first kappa shape index (κ1) is 18.0. The molecule has 3 nitrogen and oxygen atoms in total. The van der Waals surface area contributed by atoms with Gasteiger partial charge in [-0.1, -0.05) is 23.2 Å². The summed E-state index contributed by atoms with van der Waals surface area (Å²) in [7, 11) is 0. The lowest BCUT2D eigenvalue weighted by Gasteiger charge is -2.09. The van der Waals surface area contributed by atoms with E-state index in [2.05, 4.69) is 5.32 Å². The van der Waals surface area contributed by atoms with Crippen LogP contribution in [0.25, 0.3) is 0 Å². The van der Waals surface area contributed by atoms with Crippen LogP contribution in [-0.4, -0.2) is 24.0 Å². The van der Waals surface area contributed by atoms with Crippen LogP contribution in [0, 0.1) is 6.92 Å². The van der Waals surface area contributed by atoms with Crippen molar-refractivity contribution in [2.24, 2.45) is 0 Å². The fraction of sp³-hybridized carbons (Fsp3) is 0.235. The largest absolute Gasteiger partial charge is 0.493 e. The van der Waals surface area contributed by atoms with Gasteiger partial charge in [-0.3, -0.25) is 4.79 Å². The Kier molecular flexibility index (Phi) is 7.09. The second kappa shape index (κ2) is 9.06. The third-order valence-corrected chi connectivity index (χ3v) is 4.41. The Balaban J connectivity index is 1.65. The van der Waals surface area contributed by atoms with E-state index in [0.717, 1.165) is 22.8 Å². The maximum absolute atomic E-state index is 11.9. The number of hydrogen-bond acceptors (Lipinski definition) is 3. The second-order valence-corrected chi connectivity index (χ2v) is 6.84. The zero-order valence-corrected chi connectivity index (χ0v) is 15.0. The van der Waals surface area contributed by atoms with E-state index in [9.17, 15) is 4.79 Å². The molecule has 6 heteroatoms. The molecule has 0 atom stereocenters. The topological polar surface area (TPSA) is 38.3 Å². The first-order valence-electron chi connectivity index (χ1n) is 7.07. The first-order valence-corrected chi connectivity index (χ1v) is 8.98. The SMILES string of the molecule is Cc1cc(Cl)ccc1NC(=O)CSCCOc1ccc(Cl)cc1. The molecule has 0 radical (unpaired) electrons. The van der Waals surface area contributed by atoms with Gasteiger partial charge in [0.05, 0.1) is 12.4 Å². The van der Waals surface area contributed by atoms with Gasteiger partial charge in [0.2, 0.25) is 5.91 Å². The number of aryl methyl sites for hydroxylation is 1. The Morgan fingerprint density at radius 3 is 2.52 bits per heavy atom. The molecule has 0 bridgehead atoms. The number of thioether (sulfide) groups is 1.